The van der Waals surface area contributed by atoms with Gasteiger partial charge in [0.15, 0.2) is 0 Å². The SMILES string of the molecule is COc1ccccc1NC(=O)c1c(NC(=O)C(N)CCCCC[I-]N)cccc1Sc1ccc([N+](=O)[O-])cc1. The van der Waals surface area contributed by atoms with E-state index in [1.54, 1.807) is 54.6 Å². The quantitative estimate of drug-likeness (QED) is 0.0507. The first-order valence-corrected chi connectivity index (χ1v) is 15.8. The van der Waals surface area contributed by atoms with Gasteiger partial charge in [-0.25, -0.2) is 0 Å². The summed E-state index contributed by atoms with van der Waals surface area (Å²) in [6.07, 6.45) is 3.34. The van der Waals surface area contributed by atoms with E-state index in [1.165, 1.54) is 31.0 Å². The van der Waals surface area contributed by atoms with Crippen LogP contribution < -0.4 is 46.5 Å². The maximum absolute atomic E-state index is 13.6. The predicted molar refractivity (Wildman–Crippen MR) is 149 cm³/mol. The fraction of sp³-hybridized carbons (Fsp3) is 0.259. The van der Waals surface area contributed by atoms with Gasteiger partial charge in [0.25, 0.3) is 5.69 Å². The third kappa shape index (κ3) is 8.92. The van der Waals surface area contributed by atoms with Gasteiger partial charge in [0.2, 0.25) is 0 Å². The van der Waals surface area contributed by atoms with Gasteiger partial charge >= 0.3 is 145 Å². The standard InChI is InChI=1S/C27H31IN5O5S/c1-38-23-11-5-4-9-21(23)31-27(35)25-22(32-26(34)20(29)8-3-2-6-17-28-30)10-7-12-24(25)39-19-15-13-18(14-16-19)33(36)37/h4-5,7,9-16,20H,2-3,6,8,17,29-30H2,1H3,(H,31,35)(H,32,34)/q-1. The number of hydrogen-bond donors (Lipinski definition) is 4. The molecule has 0 radical (unpaired) electrons. The molecule has 0 fully saturated rings. The van der Waals surface area contributed by atoms with Crippen LogP contribution in [0.1, 0.15) is 36.0 Å². The van der Waals surface area contributed by atoms with Gasteiger partial charge < -0.3 is 4.74 Å². The number of benzene rings is 3. The molecule has 2 amide bonds. The third-order valence-electron chi connectivity index (χ3n) is 5.74. The van der Waals surface area contributed by atoms with E-state index in [1.807, 2.05) is 0 Å². The molecule has 0 spiro atoms. The first-order chi connectivity index (χ1) is 18.8. The van der Waals surface area contributed by atoms with Crippen LogP contribution in [0.15, 0.2) is 76.5 Å². The number of non-ortho nitro benzene ring substituents is 1. The van der Waals surface area contributed by atoms with Gasteiger partial charge in [-0.05, 0) is 24.3 Å². The average molecular weight is 665 g/mol. The topological polar surface area (TPSA) is 163 Å². The average Bonchev–Trinajstić information content (AvgIpc) is 2.93. The number of nitrogens with one attached hydrogen (secondary N) is 2. The molecule has 3 aromatic carbocycles. The van der Waals surface area contributed by atoms with Gasteiger partial charge in [-0.3, -0.25) is 10.1 Å². The van der Waals surface area contributed by atoms with Crippen LogP contribution in [0, 0.1) is 10.1 Å². The molecule has 39 heavy (non-hydrogen) atoms. The molecule has 1 unspecified atom stereocenters. The van der Waals surface area contributed by atoms with E-state index in [0.29, 0.717) is 33.3 Å². The molecule has 0 heterocycles. The molecule has 208 valence electrons. The summed E-state index contributed by atoms with van der Waals surface area (Å²) >= 11 is 1.03. The number of anilines is 2. The fourth-order valence-electron chi connectivity index (χ4n) is 3.72. The zero-order valence-corrected chi connectivity index (χ0v) is 24.4. The smallest absolute Gasteiger partial charge is 0.258 e. The second kappa shape index (κ2) is 15.4. The van der Waals surface area contributed by atoms with E-state index in [0.717, 1.165) is 23.7 Å². The number of rotatable bonds is 14. The maximum atomic E-state index is 13.6. The molecular formula is C27H31IN5O5S-. The van der Waals surface area contributed by atoms with Crippen molar-refractivity contribution in [2.75, 3.05) is 22.2 Å². The molecule has 0 saturated carbocycles. The molecular weight excluding hydrogens is 633 g/mol. The second-order valence-electron chi connectivity index (χ2n) is 8.47. The summed E-state index contributed by atoms with van der Waals surface area (Å²) in [5.74, 6) is -0.362. The summed E-state index contributed by atoms with van der Waals surface area (Å²) in [5, 5.41) is 16.7. The normalized spacial score (nSPS) is 11.6. The number of nitrogens with two attached hydrogens (primary N) is 2. The van der Waals surface area contributed by atoms with Crippen molar-refractivity contribution < 1.29 is 40.7 Å². The molecule has 0 bridgehead atoms. The van der Waals surface area contributed by atoms with Crippen LogP contribution in [-0.4, -0.2) is 34.3 Å². The van der Waals surface area contributed by atoms with Gasteiger partial charge in [-0.2, -0.15) is 0 Å². The summed E-state index contributed by atoms with van der Waals surface area (Å²) in [6.45, 7) is 0. The molecule has 0 aliphatic rings. The number of para-hydroxylation sites is 2. The Kier molecular flexibility index (Phi) is 12.0. The Hall–Kier alpha value is -3.20. The molecule has 10 nitrogen and oxygen atoms in total. The minimum atomic E-state index is -0.728. The molecule has 0 aromatic heterocycles. The van der Waals surface area contributed by atoms with E-state index in [9.17, 15) is 19.7 Å². The summed E-state index contributed by atoms with van der Waals surface area (Å²) in [5.41, 5.74) is 7.14. The van der Waals surface area contributed by atoms with Crippen molar-refractivity contribution in [3.05, 3.63) is 82.4 Å². The molecule has 0 aliphatic carbocycles. The monoisotopic (exact) mass is 664 g/mol. The zero-order valence-electron chi connectivity index (χ0n) is 21.4. The number of nitro benzene ring substituents is 1. The number of nitro groups is 1. The van der Waals surface area contributed by atoms with Crippen LogP contribution in [0.25, 0.3) is 0 Å². The number of carbonyl (C=O) groups is 2. The van der Waals surface area contributed by atoms with Gasteiger partial charge in [0, 0.05) is 17.0 Å². The second-order valence-corrected chi connectivity index (χ2v) is 11.5. The first-order valence-electron chi connectivity index (χ1n) is 12.2. The van der Waals surface area contributed by atoms with E-state index in [2.05, 4.69) is 10.6 Å². The molecule has 3 rings (SSSR count). The number of amides is 2. The summed E-state index contributed by atoms with van der Waals surface area (Å²) < 4.78 is 12.0. The van der Waals surface area contributed by atoms with E-state index >= 15 is 0 Å². The van der Waals surface area contributed by atoms with Crippen molar-refractivity contribution in [1.82, 2.24) is 0 Å². The molecule has 0 aliphatic heterocycles. The number of carbonyl (C=O) groups excluding carboxylic acids is 2. The van der Waals surface area contributed by atoms with Crippen LogP contribution in [0.2, 0.25) is 0 Å². The van der Waals surface area contributed by atoms with Crippen LogP contribution >= 0.6 is 11.8 Å². The van der Waals surface area contributed by atoms with Gasteiger partial charge in [-0.1, -0.05) is 12.1 Å². The van der Waals surface area contributed by atoms with Crippen molar-refractivity contribution in [3.63, 3.8) is 0 Å². The number of ether oxygens (including phenoxy) is 1. The van der Waals surface area contributed by atoms with Crippen molar-refractivity contribution in [2.24, 2.45) is 9.68 Å². The van der Waals surface area contributed by atoms with E-state index in [-0.39, 0.29) is 38.6 Å². The Bertz CT molecular complexity index is 1290. The number of nitrogens with zero attached hydrogens (tertiary/aromatic N) is 1. The number of methoxy groups -OCH3 is 1. The fourth-order valence-corrected chi connectivity index (χ4v) is 5.68. The number of alkyl halides is 1. The van der Waals surface area contributed by atoms with Crippen molar-refractivity contribution in [1.29, 1.82) is 0 Å². The van der Waals surface area contributed by atoms with Crippen molar-refractivity contribution in [3.8, 4) is 5.75 Å². The zero-order chi connectivity index (χ0) is 28.2. The summed E-state index contributed by atoms with van der Waals surface area (Å²) in [6, 6.07) is 17.4. The Morgan fingerprint density at radius 1 is 1.00 bits per heavy atom. The Balaban J connectivity index is 1.88. The van der Waals surface area contributed by atoms with Crippen LogP contribution in [-0.2, 0) is 4.79 Å². The molecule has 3 aromatic rings. The summed E-state index contributed by atoms with van der Waals surface area (Å²) in [7, 11) is 1.51. The Morgan fingerprint density at radius 3 is 2.41 bits per heavy atom. The van der Waals surface area contributed by atoms with Crippen molar-refractivity contribution in [2.45, 2.75) is 41.5 Å². The van der Waals surface area contributed by atoms with E-state index in [4.69, 9.17) is 14.4 Å². The van der Waals surface area contributed by atoms with Crippen LogP contribution in [0.5, 0.6) is 5.75 Å². The number of hydrogen-bond acceptors (Lipinski definition) is 8. The molecule has 1 atom stereocenters. The van der Waals surface area contributed by atoms with Crippen LogP contribution in [0.3, 0.4) is 0 Å². The number of halogens is 1. The molecule has 6 N–H and O–H groups in total. The van der Waals surface area contributed by atoms with Crippen molar-refractivity contribution >= 4 is 40.6 Å². The van der Waals surface area contributed by atoms with Gasteiger partial charge in [0.1, 0.15) is 5.75 Å². The minimum Gasteiger partial charge on any atom is -0.258 e. The van der Waals surface area contributed by atoms with E-state index < -0.39 is 16.9 Å². The first kappa shape index (κ1) is 30.3. The van der Waals surface area contributed by atoms with Crippen LogP contribution in [0.4, 0.5) is 17.1 Å². The van der Waals surface area contributed by atoms with Gasteiger partial charge in [0.05, 0.1) is 17.7 Å². The molecule has 12 heteroatoms. The van der Waals surface area contributed by atoms with Gasteiger partial charge in [-0.15, -0.1) is 0 Å². The predicted octanol–water partition coefficient (Wildman–Crippen LogP) is 1.80. The Labute approximate surface area is 242 Å². The summed E-state index contributed by atoms with van der Waals surface area (Å²) in [4.78, 5) is 38.4. The molecule has 0 saturated heterocycles. The number of unbranched alkanes of at least 4 members (excludes halogenated alkanes) is 2. The Morgan fingerprint density at radius 2 is 1.72 bits per heavy atom. The minimum absolute atomic E-state index is 0.0341. The third-order valence-corrected chi connectivity index (χ3v) is 8.19.